The normalized spacial score (nSPS) is 13.2. The van der Waals surface area contributed by atoms with E-state index in [2.05, 4.69) is 31.3 Å². The summed E-state index contributed by atoms with van der Waals surface area (Å²) in [6.07, 6.45) is -1.13. The Balaban J connectivity index is 2.47. The minimum absolute atomic E-state index is 0.181. The number of hydrogen-bond acceptors (Lipinski definition) is 2. The van der Waals surface area contributed by atoms with E-state index in [1.54, 1.807) is 11.9 Å². The molecule has 4 heteroatoms. The predicted octanol–water partition coefficient (Wildman–Crippen LogP) is 3.49. The number of nitrogens with zero attached hydrogens (tertiary/aromatic N) is 1. The second-order valence-corrected chi connectivity index (χ2v) is 5.43. The quantitative estimate of drug-likeness (QED) is 0.698. The van der Waals surface area contributed by atoms with E-state index in [1.165, 1.54) is 5.56 Å². The molecular formula is C16H26F2N2. The third-order valence-electron chi connectivity index (χ3n) is 3.33. The van der Waals surface area contributed by atoms with Gasteiger partial charge in [-0.05, 0) is 37.1 Å². The Morgan fingerprint density at radius 3 is 2.40 bits per heavy atom. The van der Waals surface area contributed by atoms with E-state index in [1.807, 2.05) is 12.1 Å². The van der Waals surface area contributed by atoms with Crippen LogP contribution in [0.1, 0.15) is 37.3 Å². The molecule has 0 saturated carbocycles. The van der Waals surface area contributed by atoms with E-state index in [4.69, 9.17) is 0 Å². The minimum Gasteiger partial charge on any atom is -0.316 e. The van der Waals surface area contributed by atoms with Gasteiger partial charge in [-0.1, -0.05) is 38.1 Å². The fourth-order valence-electron chi connectivity index (χ4n) is 2.18. The molecule has 0 saturated heterocycles. The molecule has 0 radical (unpaired) electrons. The van der Waals surface area contributed by atoms with Crippen molar-refractivity contribution in [2.75, 3.05) is 26.7 Å². The maximum atomic E-state index is 12.3. The lowest BCUT2D eigenvalue weighted by Gasteiger charge is -2.17. The van der Waals surface area contributed by atoms with Crippen molar-refractivity contribution in [2.45, 2.75) is 39.2 Å². The topological polar surface area (TPSA) is 15.3 Å². The van der Waals surface area contributed by atoms with Gasteiger partial charge < -0.3 is 5.32 Å². The third kappa shape index (κ3) is 6.44. The maximum Gasteiger partial charge on any atom is 0.251 e. The van der Waals surface area contributed by atoms with Crippen molar-refractivity contribution in [1.29, 1.82) is 0 Å². The van der Waals surface area contributed by atoms with Gasteiger partial charge in [-0.3, -0.25) is 4.90 Å². The molecule has 0 bridgehead atoms. The zero-order valence-electron chi connectivity index (χ0n) is 12.7. The SMILES string of the molecule is CCCNCC(C)c1ccc(CN(C)CC(F)F)cc1. The summed E-state index contributed by atoms with van der Waals surface area (Å²) in [5, 5.41) is 3.41. The van der Waals surface area contributed by atoms with E-state index < -0.39 is 6.43 Å². The van der Waals surface area contributed by atoms with Crippen LogP contribution >= 0.6 is 0 Å². The molecule has 0 aliphatic heterocycles. The molecule has 0 aliphatic carbocycles. The van der Waals surface area contributed by atoms with Gasteiger partial charge in [0.05, 0.1) is 6.54 Å². The molecule has 20 heavy (non-hydrogen) atoms. The average Bonchev–Trinajstić information content (AvgIpc) is 2.38. The molecular weight excluding hydrogens is 258 g/mol. The summed E-state index contributed by atoms with van der Waals surface area (Å²) in [7, 11) is 1.72. The molecule has 1 aromatic rings. The first-order chi connectivity index (χ1) is 9.52. The molecule has 0 aromatic heterocycles. The van der Waals surface area contributed by atoms with Crippen molar-refractivity contribution in [1.82, 2.24) is 10.2 Å². The highest BCUT2D eigenvalue weighted by atomic mass is 19.3. The molecule has 0 spiro atoms. The Bertz CT molecular complexity index is 365. The number of alkyl halides is 2. The van der Waals surface area contributed by atoms with Gasteiger partial charge in [0.1, 0.15) is 0 Å². The minimum atomic E-state index is -2.27. The molecule has 2 nitrogen and oxygen atoms in total. The van der Waals surface area contributed by atoms with Crippen LogP contribution in [0.3, 0.4) is 0 Å². The summed E-state index contributed by atoms with van der Waals surface area (Å²) in [6.45, 7) is 6.74. The zero-order valence-corrected chi connectivity index (χ0v) is 12.7. The van der Waals surface area contributed by atoms with Gasteiger partial charge in [-0.15, -0.1) is 0 Å². The van der Waals surface area contributed by atoms with Crippen LogP contribution in [0.4, 0.5) is 8.78 Å². The predicted molar refractivity (Wildman–Crippen MR) is 80.4 cm³/mol. The van der Waals surface area contributed by atoms with Crippen molar-refractivity contribution >= 4 is 0 Å². The van der Waals surface area contributed by atoms with Gasteiger partial charge in [-0.25, -0.2) is 8.78 Å². The fourth-order valence-corrected chi connectivity index (χ4v) is 2.18. The van der Waals surface area contributed by atoms with Crippen LogP contribution in [0.15, 0.2) is 24.3 Å². The monoisotopic (exact) mass is 284 g/mol. The summed E-state index contributed by atoms with van der Waals surface area (Å²) in [5.74, 6) is 0.467. The van der Waals surface area contributed by atoms with Gasteiger partial charge in [-0.2, -0.15) is 0 Å². The second-order valence-electron chi connectivity index (χ2n) is 5.43. The molecule has 1 atom stereocenters. The van der Waals surface area contributed by atoms with Crippen molar-refractivity contribution < 1.29 is 8.78 Å². The average molecular weight is 284 g/mol. The lowest BCUT2D eigenvalue weighted by molar-refractivity contribution is 0.0975. The highest BCUT2D eigenvalue weighted by molar-refractivity contribution is 5.25. The second kappa shape index (κ2) is 9.03. The molecule has 1 unspecified atom stereocenters. The number of halogens is 2. The van der Waals surface area contributed by atoms with Gasteiger partial charge in [0.15, 0.2) is 0 Å². The smallest absolute Gasteiger partial charge is 0.251 e. The van der Waals surface area contributed by atoms with E-state index >= 15 is 0 Å². The van der Waals surface area contributed by atoms with Crippen LogP contribution in [0.25, 0.3) is 0 Å². The lowest BCUT2D eigenvalue weighted by atomic mass is 9.99. The summed E-state index contributed by atoms with van der Waals surface area (Å²) >= 11 is 0. The van der Waals surface area contributed by atoms with Crippen molar-refractivity contribution in [3.8, 4) is 0 Å². The van der Waals surface area contributed by atoms with E-state index in [9.17, 15) is 8.78 Å². The van der Waals surface area contributed by atoms with Crippen molar-refractivity contribution in [3.05, 3.63) is 35.4 Å². The Kier molecular flexibility index (Phi) is 7.70. The summed E-state index contributed by atoms with van der Waals surface area (Å²) < 4.78 is 24.5. The van der Waals surface area contributed by atoms with Gasteiger partial charge in [0, 0.05) is 13.1 Å². The summed E-state index contributed by atoms with van der Waals surface area (Å²) in [4.78, 5) is 1.64. The highest BCUT2D eigenvalue weighted by Gasteiger charge is 2.09. The Morgan fingerprint density at radius 2 is 1.85 bits per heavy atom. The van der Waals surface area contributed by atoms with Crippen LogP contribution in [0, 0.1) is 0 Å². The Hall–Kier alpha value is -1.00. The molecule has 114 valence electrons. The van der Waals surface area contributed by atoms with Gasteiger partial charge in [0.25, 0.3) is 6.43 Å². The Labute approximate surface area is 121 Å². The van der Waals surface area contributed by atoms with Crippen LogP contribution in [0.5, 0.6) is 0 Å². The van der Waals surface area contributed by atoms with Crippen LogP contribution in [-0.4, -0.2) is 38.0 Å². The number of rotatable bonds is 9. The zero-order chi connectivity index (χ0) is 15.0. The summed E-state index contributed by atoms with van der Waals surface area (Å²) in [5.41, 5.74) is 2.36. The molecule has 0 heterocycles. The highest BCUT2D eigenvalue weighted by Crippen LogP contribution is 2.16. The Morgan fingerprint density at radius 1 is 1.20 bits per heavy atom. The molecule has 0 fully saturated rings. The third-order valence-corrected chi connectivity index (χ3v) is 3.33. The fraction of sp³-hybridized carbons (Fsp3) is 0.625. The summed E-state index contributed by atoms with van der Waals surface area (Å²) in [6, 6.07) is 8.27. The van der Waals surface area contributed by atoms with Crippen LogP contribution in [0.2, 0.25) is 0 Å². The molecule has 0 amide bonds. The number of benzene rings is 1. The number of hydrogen-bond donors (Lipinski definition) is 1. The van der Waals surface area contributed by atoms with Gasteiger partial charge in [0.2, 0.25) is 0 Å². The lowest BCUT2D eigenvalue weighted by Crippen LogP contribution is -2.24. The number of nitrogens with one attached hydrogen (secondary N) is 1. The first-order valence-electron chi connectivity index (χ1n) is 7.29. The largest absolute Gasteiger partial charge is 0.316 e. The standard InChI is InChI=1S/C16H26F2N2/c1-4-9-19-10-13(2)15-7-5-14(6-8-15)11-20(3)12-16(17)18/h5-8,13,16,19H,4,9-12H2,1-3H3. The maximum absolute atomic E-state index is 12.3. The molecule has 1 rings (SSSR count). The van der Waals surface area contributed by atoms with Crippen molar-refractivity contribution in [2.24, 2.45) is 0 Å². The van der Waals surface area contributed by atoms with E-state index in [-0.39, 0.29) is 6.54 Å². The van der Waals surface area contributed by atoms with Crippen LogP contribution < -0.4 is 5.32 Å². The van der Waals surface area contributed by atoms with E-state index in [0.29, 0.717) is 12.5 Å². The van der Waals surface area contributed by atoms with Crippen molar-refractivity contribution in [3.63, 3.8) is 0 Å². The first kappa shape index (κ1) is 17.1. The van der Waals surface area contributed by atoms with E-state index in [0.717, 1.165) is 25.1 Å². The molecule has 0 aliphatic rings. The molecule has 1 N–H and O–H groups in total. The first-order valence-corrected chi connectivity index (χ1v) is 7.29. The molecule has 1 aromatic carbocycles. The van der Waals surface area contributed by atoms with Crippen LogP contribution in [-0.2, 0) is 6.54 Å². The van der Waals surface area contributed by atoms with Gasteiger partial charge >= 0.3 is 0 Å².